The molecule has 0 aliphatic carbocycles. The summed E-state index contributed by atoms with van der Waals surface area (Å²) < 4.78 is 0. The highest BCUT2D eigenvalue weighted by molar-refractivity contribution is 9.09. The van der Waals surface area contributed by atoms with Gasteiger partial charge < -0.3 is 10.0 Å². The van der Waals surface area contributed by atoms with Crippen molar-refractivity contribution in [1.29, 1.82) is 0 Å². The minimum absolute atomic E-state index is 0.0967. The Kier molecular flexibility index (Phi) is 6.80. The van der Waals surface area contributed by atoms with E-state index in [1.165, 1.54) is 0 Å². The predicted molar refractivity (Wildman–Crippen MR) is 77.1 cm³/mol. The lowest BCUT2D eigenvalue weighted by molar-refractivity contribution is -0.129. The molecule has 0 aliphatic rings. The Morgan fingerprint density at radius 1 is 1.33 bits per heavy atom. The second-order valence-corrected chi connectivity index (χ2v) is 5.20. The quantitative estimate of drug-likeness (QED) is 0.621. The van der Waals surface area contributed by atoms with Crippen LogP contribution in [0.25, 0.3) is 0 Å². The van der Waals surface area contributed by atoms with E-state index < -0.39 is 0 Å². The standard InChI is InChI=1S/C14H20BrNO2/c1-16(9-4-2-3-8-15)14(18)11-12-6-5-7-13(17)10-12/h5-7,10,17H,2-4,8-9,11H2,1H3. The summed E-state index contributed by atoms with van der Waals surface area (Å²) in [4.78, 5) is 13.7. The number of unbranched alkanes of at least 4 members (excludes halogenated alkanes) is 2. The number of amides is 1. The van der Waals surface area contributed by atoms with Crippen molar-refractivity contribution in [2.45, 2.75) is 25.7 Å². The molecule has 100 valence electrons. The lowest BCUT2D eigenvalue weighted by Crippen LogP contribution is -2.29. The lowest BCUT2D eigenvalue weighted by Gasteiger charge is -2.17. The van der Waals surface area contributed by atoms with Crippen LogP contribution in [0.2, 0.25) is 0 Å². The van der Waals surface area contributed by atoms with Crippen LogP contribution in [-0.2, 0) is 11.2 Å². The number of aromatic hydroxyl groups is 1. The molecule has 0 saturated heterocycles. The van der Waals surface area contributed by atoms with Gasteiger partial charge in [0.25, 0.3) is 0 Å². The van der Waals surface area contributed by atoms with E-state index in [9.17, 15) is 9.90 Å². The number of phenolic OH excluding ortho intramolecular Hbond substituents is 1. The van der Waals surface area contributed by atoms with Crippen LogP contribution < -0.4 is 0 Å². The molecule has 1 aromatic rings. The van der Waals surface area contributed by atoms with E-state index in [1.54, 1.807) is 23.1 Å². The second-order valence-electron chi connectivity index (χ2n) is 4.41. The maximum absolute atomic E-state index is 11.9. The van der Waals surface area contributed by atoms with Crippen molar-refractivity contribution in [2.75, 3.05) is 18.9 Å². The van der Waals surface area contributed by atoms with Gasteiger partial charge in [-0.1, -0.05) is 34.5 Å². The maximum Gasteiger partial charge on any atom is 0.226 e. The highest BCUT2D eigenvalue weighted by atomic mass is 79.9. The molecule has 0 bridgehead atoms. The van der Waals surface area contributed by atoms with Crippen molar-refractivity contribution in [3.05, 3.63) is 29.8 Å². The average Bonchev–Trinajstić information content (AvgIpc) is 2.34. The maximum atomic E-state index is 11.9. The van der Waals surface area contributed by atoms with E-state index in [-0.39, 0.29) is 11.7 Å². The highest BCUT2D eigenvalue weighted by Crippen LogP contribution is 2.12. The molecular weight excluding hydrogens is 294 g/mol. The molecule has 0 heterocycles. The Morgan fingerprint density at radius 3 is 2.78 bits per heavy atom. The number of likely N-dealkylation sites (N-methyl/N-ethyl adjacent to an activating group) is 1. The van der Waals surface area contributed by atoms with Gasteiger partial charge in [-0.2, -0.15) is 0 Å². The van der Waals surface area contributed by atoms with E-state index in [4.69, 9.17) is 0 Å². The van der Waals surface area contributed by atoms with E-state index in [0.29, 0.717) is 6.42 Å². The summed E-state index contributed by atoms with van der Waals surface area (Å²) in [7, 11) is 1.83. The molecule has 0 saturated carbocycles. The smallest absolute Gasteiger partial charge is 0.226 e. The highest BCUT2D eigenvalue weighted by Gasteiger charge is 2.09. The Hall–Kier alpha value is -1.03. The Bertz CT molecular complexity index is 382. The first kappa shape index (κ1) is 15.0. The summed E-state index contributed by atoms with van der Waals surface area (Å²) in [5.41, 5.74) is 0.854. The van der Waals surface area contributed by atoms with Gasteiger partial charge >= 0.3 is 0 Å². The Labute approximate surface area is 117 Å². The zero-order valence-electron chi connectivity index (χ0n) is 10.7. The SMILES string of the molecule is CN(CCCCCBr)C(=O)Cc1cccc(O)c1. The van der Waals surface area contributed by atoms with Crippen LogP contribution in [0.4, 0.5) is 0 Å². The second kappa shape index (κ2) is 8.14. The molecule has 0 radical (unpaired) electrons. The average molecular weight is 314 g/mol. The van der Waals surface area contributed by atoms with Gasteiger partial charge in [0.15, 0.2) is 0 Å². The number of carbonyl (C=O) groups is 1. The van der Waals surface area contributed by atoms with Crippen molar-refractivity contribution < 1.29 is 9.90 Å². The summed E-state index contributed by atoms with van der Waals surface area (Å²) in [6.45, 7) is 0.796. The molecule has 18 heavy (non-hydrogen) atoms. The van der Waals surface area contributed by atoms with Gasteiger partial charge in [0.2, 0.25) is 5.91 Å². The first-order chi connectivity index (χ1) is 8.63. The van der Waals surface area contributed by atoms with Crippen molar-refractivity contribution in [3.8, 4) is 5.75 Å². The number of alkyl halides is 1. The summed E-state index contributed by atoms with van der Waals surface area (Å²) in [5.74, 6) is 0.305. The third kappa shape index (κ3) is 5.54. The molecule has 0 spiro atoms. The van der Waals surface area contributed by atoms with E-state index in [2.05, 4.69) is 15.9 Å². The zero-order valence-corrected chi connectivity index (χ0v) is 12.3. The number of benzene rings is 1. The van der Waals surface area contributed by atoms with Crippen LogP contribution >= 0.6 is 15.9 Å². The summed E-state index contributed by atoms with van der Waals surface area (Å²) in [6, 6.07) is 6.86. The molecule has 1 aromatic carbocycles. The van der Waals surface area contributed by atoms with Crippen LogP contribution in [0.3, 0.4) is 0 Å². The van der Waals surface area contributed by atoms with Crippen LogP contribution in [0.1, 0.15) is 24.8 Å². The van der Waals surface area contributed by atoms with E-state index in [0.717, 1.165) is 36.7 Å². The third-order valence-electron chi connectivity index (χ3n) is 2.82. The minimum atomic E-state index is 0.0967. The molecule has 4 heteroatoms. The minimum Gasteiger partial charge on any atom is -0.508 e. The molecule has 0 unspecified atom stereocenters. The van der Waals surface area contributed by atoms with Gasteiger partial charge in [0.05, 0.1) is 6.42 Å². The Balaban J connectivity index is 2.35. The molecule has 3 nitrogen and oxygen atoms in total. The molecular formula is C14H20BrNO2. The van der Waals surface area contributed by atoms with Crippen molar-refractivity contribution in [2.24, 2.45) is 0 Å². The topological polar surface area (TPSA) is 40.5 Å². The molecule has 1 N–H and O–H groups in total. The van der Waals surface area contributed by atoms with Gasteiger partial charge in [-0.15, -0.1) is 0 Å². The van der Waals surface area contributed by atoms with Gasteiger partial charge in [0, 0.05) is 18.9 Å². The first-order valence-corrected chi connectivity index (χ1v) is 7.33. The number of carbonyl (C=O) groups excluding carboxylic acids is 1. The summed E-state index contributed by atoms with van der Waals surface area (Å²) >= 11 is 3.39. The van der Waals surface area contributed by atoms with E-state index in [1.807, 2.05) is 13.1 Å². The number of halogens is 1. The van der Waals surface area contributed by atoms with Crippen molar-refractivity contribution >= 4 is 21.8 Å². The van der Waals surface area contributed by atoms with Crippen LogP contribution in [-0.4, -0.2) is 34.8 Å². The molecule has 1 rings (SSSR count). The fourth-order valence-corrected chi connectivity index (χ4v) is 2.12. The van der Waals surface area contributed by atoms with E-state index >= 15 is 0 Å². The number of rotatable bonds is 7. The normalized spacial score (nSPS) is 10.3. The van der Waals surface area contributed by atoms with Gasteiger partial charge in [-0.05, 0) is 30.5 Å². The predicted octanol–water partition coefficient (Wildman–Crippen LogP) is 2.96. The molecule has 0 aromatic heterocycles. The van der Waals surface area contributed by atoms with Crippen LogP contribution in [0, 0.1) is 0 Å². The molecule has 0 fully saturated rings. The Morgan fingerprint density at radius 2 is 2.11 bits per heavy atom. The van der Waals surface area contributed by atoms with Crippen molar-refractivity contribution in [3.63, 3.8) is 0 Å². The van der Waals surface area contributed by atoms with Crippen LogP contribution in [0.15, 0.2) is 24.3 Å². The summed E-state index contributed by atoms with van der Waals surface area (Å²) in [5, 5.41) is 10.4. The van der Waals surface area contributed by atoms with Crippen LogP contribution in [0.5, 0.6) is 5.75 Å². The number of hydrogen-bond donors (Lipinski definition) is 1. The fourth-order valence-electron chi connectivity index (χ4n) is 1.72. The molecule has 1 amide bonds. The third-order valence-corrected chi connectivity index (χ3v) is 3.38. The number of nitrogens with zero attached hydrogens (tertiary/aromatic N) is 1. The first-order valence-electron chi connectivity index (χ1n) is 6.21. The number of hydrogen-bond acceptors (Lipinski definition) is 2. The lowest BCUT2D eigenvalue weighted by atomic mass is 10.1. The molecule has 0 atom stereocenters. The fraction of sp³-hybridized carbons (Fsp3) is 0.500. The number of phenols is 1. The van der Waals surface area contributed by atoms with Gasteiger partial charge in [0.1, 0.15) is 5.75 Å². The molecule has 0 aliphatic heterocycles. The zero-order chi connectivity index (χ0) is 13.4. The van der Waals surface area contributed by atoms with Crippen molar-refractivity contribution in [1.82, 2.24) is 4.90 Å². The largest absolute Gasteiger partial charge is 0.508 e. The summed E-state index contributed by atoms with van der Waals surface area (Å²) in [6.07, 6.45) is 3.67. The van der Waals surface area contributed by atoms with Gasteiger partial charge in [-0.3, -0.25) is 4.79 Å². The monoisotopic (exact) mass is 313 g/mol. The van der Waals surface area contributed by atoms with Gasteiger partial charge in [-0.25, -0.2) is 0 Å².